The number of esters is 2. The number of hydrogen-bond acceptors (Lipinski definition) is 8. The molecule has 0 spiro atoms. The number of quaternary nitrogens is 1. The van der Waals surface area contributed by atoms with Gasteiger partial charge in [-0.3, -0.25) is 9.59 Å². The van der Waals surface area contributed by atoms with Gasteiger partial charge in [0.2, 0.25) is 0 Å². The summed E-state index contributed by atoms with van der Waals surface area (Å²) in [6.45, 7) is 4.69. The van der Waals surface area contributed by atoms with Crippen LogP contribution >= 0.6 is 0 Å². The van der Waals surface area contributed by atoms with Gasteiger partial charge in [-0.25, -0.2) is 0 Å². The molecule has 0 bridgehead atoms. The highest BCUT2D eigenvalue weighted by Crippen LogP contribution is 2.19. The Bertz CT molecular complexity index is 1470. The maximum atomic E-state index is 12.9. The zero-order valence-corrected chi connectivity index (χ0v) is 54.2. The quantitative estimate of drug-likeness (QED) is 0.0195. The predicted molar refractivity (Wildman–Crippen MR) is 343 cm³/mol. The van der Waals surface area contributed by atoms with Crippen molar-refractivity contribution in [2.24, 2.45) is 0 Å². The van der Waals surface area contributed by atoms with Gasteiger partial charge in [-0.15, -0.1) is 0 Å². The van der Waals surface area contributed by atoms with Gasteiger partial charge < -0.3 is 33.3 Å². The molecule has 474 valence electrons. The van der Waals surface area contributed by atoms with Gasteiger partial charge in [-0.1, -0.05) is 319 Å². The Morgan fingerprint density at radius 2 is 0.704 bits per heavy atom. The highest BCUT2D eigenvalue weighted by molar-refractivity contribution is 5.70. The number of carboxylic acid groups (broad SMARTS) is 1. The van der Waals surface area contributed by atoms with E-state index < -0.39 is 24.3 Å². The molecule has 9 heteroatoms. The summed E-state index contributed by atoms with van der Waals surface area (Å²) in [6.07, 6.45) is 77.8. The summed E-state index contributed by atoms with van der Waals surface area (Å²) >= 11 is 0. The number of hydrogen-bond donors (Lipinski definition) is 0. The molecule has 0 aliphatic carbocycles. The van der Waals surface area contributed by atoms with E-state index in [1.165, 1.54) is 231 Å². The van der Waals surface area contributed by atoms with Crippen LogP contribution in [-0.4, -0.2) is 82.3 Å². The molecule has 0 rings (SSSR count). The maximum Gasteiger partial charge on any atom is 0.306 e. The van der Waals surface area contributed by atoms with Crippen molar-refractivity contribution in [2.75, 3.05) is 47.5 Å². The molecule has 0 saturated carbocycles. The van der Waals surface area contributed by atoms with Crippen LogP contribution in [0.3, 0.4) is 0 Å². The van der Waals surface area contributed by atoms with Crippen LogP contribution in [-0.2, 0) is 33.3 Å². The Balaban J connectivity index is 4.04. The molecular formula is C72H133NO8. The molecule has 0 fully saturated rings. The third-order valence-corrected chi connectivity index (χ3v) is 15.6. The summed E-state index contributed by atoms with van der Waals surface area (Å²) in [5.41, 5.74) is 0. The maximum absolute atomic E-state index is 12.9. The second kappa shape index (κ2) is 63.3. The van der Waals surface area contributed by atoms with E-state index in [0.717, 1.165) is 70.6 Å². The van der Waals surface area contributed by atoms with Crippen molar-refractivity contribution >= 4 is 17.9 Å². The molecule has 0 heterocycles. The molecule has 0 aromatic carbocycles. The molecule has 0 saturated heterocycles. The minimum atomic E-state index is -1.62. The van der Waals surface area contributed by atoms with E-state index in [1.54, 1.807) is 0 Å². The van der Waals surface area contributed by atoms with E-state index in [1.807, 2.05) is 21.1 Å². The van der Waals surface area contributed by atoms with Gasteiger partial charge in [0.1, 0.15) is 13.2 Å². The molecule has 0 aromatic heterocycles. The fourth-order valence-corrected chi connectivity index (χ4v) is 10.3. The number of aliphatic carboxylic acids is 1. The lowest BCUT2D eigenvalue weighted by atomic mass is 10.0. The number of ether oxygens (including phenoxy) is 4. The molecule has 2 atom stereocenters. The van der Waals surface area contributed by atoms with Crippen LogP contribution in [0, 0.1) is 0 Å². The van der Waals surface area contributed by atoms with Crippen LogP contribution in [0.5, 0.6) is 0 Å². The number of carboxylic acids is 1. The summed E-state index contributed by atoms with van der Waals surface area (Å²) < 4.78 is 22.8. The number of likely N-dealkylation sites (N-methyl/N-ethyl adjacent to an activating group) is 1. The highest BCUT2D eigenvalue weighted by Gasteiger charge is 2.22. The monoisotopic (exact) mass is 1140 g/mol. The van der Waals surface area contributed by atoms with E-state index in [4.69, 9.17) is 18.9 Å². The van der Waals surface area contributed by atoms with E-state index in [2.05, 4.69) is 62.5 Å². The van der Waals surface area contributed by atoms with Crippen LogP contribution in [0.1, 0.15) is 335 Å². The molecule has 2 unspecified atom stereocenters. The van der Waals surface area contributed by atoms with Crippen molar-refractivity contribution in [3.05, 3.63) is 48.6 Å². The van der Waals surface area contributed by atoms with Gasteiger partial charge in [-0.2, -0.15) is 0 Å². The second-order valence-electron chi connectivity index (χ2n) is 24.8. The molecular weight excluding hydrogens is 1010 g/mol. The van der Waals surface area contributed by atoms with Crippen LogP contribution in [0.2, 0.25) is 0 Å². The molecule has 0 aliphatic rings. The first kappa shape index (κ1) is 78.2. The minimum Gasteiger partial charge on any atom is -0.545 e. The fourth-order valence-electron chi connectivity index (χ4n) is 10.3. The molecule has 81 heavy (non-hydrogen) atoms. The smallest absolute Gasteiger partial charge is 0.306 e. The number of carbonyl (C=O) groups excluding carboxylic acids is 3. The topological polar surface area (TPSA) is 111 Å². The average molecular weight is 1140 g/mol. The number of carbonyl (C=O) groups is 3. The molecule has 0 aliphatic heterocycles. The van der Waals surface area contributed by atoms with Crippen LogP contribution in [0.4, 0.5) is 0 Å². The lowest BCUT2D eigenvalue weighted by molar-refractivity contribution is -0.870. The lowest BCUT2D eigenvalue weighted by Crippen LogP contribution is -2.44. The predicted octanol–water partition coefficient (Wildman–Crippen LogP) is 20.0. The third-order valence-electron chi connectivity index (χ3n) is 15.6. The van der Waals surface area contributed by atoms with Crippen LogP contribution in [0.15, 0.2) is 48.6 Å². The average Bonchev–Trinajstić information content (AvgIpc) is 3.44. The lowest BCUT2D eigenvalue weighted by Gasteiger charge is -2.26. The van der Waals surface area contributed by atoms with Gasteiger partial charge >= 0.3 is 11.9 Å². The first-order chi connectivity index (χ1) is 39.6. The second-order valence-corrected chi connectivity index (χ2v) is 24.8. The van der Waals surface area contributed by atoms with Gasteiger partial charge in [0.05, 0.1) is 40.3 Å². The zero-order chi connectivity index (χ0) is 59.1. The number of rotatable bonds is 65. The zero-order valence-electron chi connectivity index (χ0n) is 54.2. The SMILES string of the molecule is CC/C=C\C/C=C\C/C=C\C/C=C\CCCCCCCCCCCCC(=O)OC(COC(=O)CCCCCCCCCCCCCCCCCCCCCCCCCCCCCCCCCCC)COC(OCC[N+](C)(C)C)C(=O)[O-]. The molecule has 0 aromatic rings. The van der Waals surface area contributed by atoms with E-state index >= 15 is 0 Å². The standard InChI is InChI=1S/C72H133NO8/c1-6-8-10-12-14-16-18-20-22-24-26-28-30-31-32-33-34-35-36-37-38-39-41-42-44-46-48-50-52-54-56-58-60-62-69(74)79-66-68(67-80-72(71(76)77)78-65-64-73(3,4)5)81-70(75)63-61-59-57-55-53-51-49-47-45-43-40-29-27-25-23-21-19-17-15-13-11-9-7-2/h9,11,15,17,21,23,27,29,68,72H,6-8,10,12-14,16,18-20,22,24-26,28,30-67H2,1-5H3/b11-9-,17-15-,23-21-,29-27-. The third kappa shape index (κ3) is 64.7. The van der Waals surface area contributed by atoms with Gasteiger partial charge in [-0.05, 0) is 51.4 Å². The van der Waals surface area contributed by atoms with Crippen molar-refractivity contribution < 1.29 is 42.9 Å². The van der Waals surface area contributed by atoms with Crippen molar-refractivity contribution in [2.45, 2.75) is 347 Å². The van der Waals surface area contributed by atoms with Crippen molar-refractivity contribution in [1.29, 1.82) is 0 Å². The first-order valence-corrected chi connectivity index (χ1v) is 34.8. The summed E-state index contributed by atoms with van der Waals surface area (Å²) in [4.78, 5) is 37.5. The summed E-state index contributed by atoms with van der Waals surface area (Å²) in [7, 11) is 5.93. The Morgan fingerprint density at radius 3 is 1.05 bits per heavy atom. The van der Waals surface area contributed by atoms with E-state index in [-0.39, 0.29) is 32.2 Å². The summed E-state index contributed by atoms with van der Waals surface area (Å²) in [6, 6.07) is 0. The van der Waals surface area contributed by atoms with E-state index in [9.17, 15) is 19.5 Å². The van der Waals surface area contributed by atoms with Crippen LogP contribution < -0.4 is 5.11 Å². The highest BCUT2D eigenvalue weighted by atomic mass is 16.7. The summed E-state index contributed by atoms with van der Waals surface area (Å²) in [5.74, 6) is -2.27. The normalized spacial score (nSPS) is 13.0. The minimum absolute atomic E-state index is 0.147. The Kier molecular flexibility index (Phi) is 61.1. The summed E-state index contributed by atoms with van der Waals surface area (Å²) in [5, 5.41) is 11.8. The van der Waals surface area contributed by atoms with Crippen LogP contribution in [0.25, 0.3) is 0 Å². The van der Waals surface area contributed by atoms with Crippen molar-refractivity contribution in [1.82, 2.24) is 0 Å². The first-order valence-electron chi connectivity index (χ1n) is 34.8. The van der Waals surface area contributed by atoms with Crippen molar-refractivity contribution in [3.63, 3.8) is 0 Å². The van der Waals surface area contributed by atoms with Crippen molar-refractivity contribution in [3.8, 4) is 0 Å². The van der Waals surface area contributed by atoms with E-state index in [0.29, 0.717) is 23.9 Å². The molecule has 0 N–H and O–H groups in total. The number of unbranched alkanes of at least 4 members (excludes halogenated alkanes) is 42. The Morgan fingerprint density at radius 1 is 0.383 bits per heavy atom. The molecule has 9 nitrogen and oxygen atoms in total. The Hall–Kier alpha value is -2.75. The molecule has 0 radical (unpaired) electrons. The largest absolute Gasteiger partial charge is 0.545 e. The number of nitrogens with zero attached hydrogens (tertiary/aromatic N) is 1. The van der Waals surface area contributed by atoms with Gasteiger partial charge in [0.25, 0.3) is 0 Å². The fraction of sp³-hybridized carbons (Fsp3) is 0.847. The Labute approximate surface area is 502 Å². The number of allylic oxidation sites excluding steroid dienone is 8. The van der Waals surface area contributed by atoms with Gasteiger partial charge in [0, 0.05) is 12.8 Å². The molecule has 0 amide bonds. The van der Waals surface area contributed by atoms with Gasteiger partial charge in [0.15, 0.2) is 12.4 Å².